The number of nitrogens with two attached hydrogens (primary N) is 1. The monoisotopic (exact) mass is 722 g/mol. The lowest BCUT2D eigenvalue weighted by molar-refractivity contribution is -0.112. The minimum Gasteiger partial charge on any atom is -0.387 e. The Balaban J connectivity index is 1.38. The molecule has 0 spiro atoms. The lowest BCUT2D eigenvalue weighted by atomic mass is 10.3. The number of aryl methyl sites for hydroxylation is 4. The number of carbonyl (C=O) groups is 5. The molecule has 0 bridgehead atoms. The molecule has 0 aromatic carbocycles. The van der Waals surface area contributed by atoms with Crippen LogP contribution in [-0.2, 0) is 33.0 Å². The number of nitrogens with zero attached hydrogens (tertiary/aromatic N) is 6. The molecule has 4 heterocycles. The van der Waals surface area contributed by atoms with Crippen molar-refractivity contribution in [1.29, 1.82) is 0 Å². The molecule has 48 heavy (non-hydrogen) atoms. The molecule has 0 aliphatic rings. The number of amides is 5. The first-order valence-electron chi connectivity index (χ1n) is 14.3. The highest BCUT2D eigenvalue weighted by Gasteiger charge is 2.20. The molecule has 252 valence electrons. The number of nitrogens with one attached hydrogen (secondary N) is 5. The number of halogens is 1. The first kappa shape index (κ1) is 35.0. The van der Waals surface area contributed by atoms with E-state index in [1.54, 1.807) is 69.0 Å². The maximum absolute atomic E-state index is 13.2. The average Bonchev–Trinajstić information content (AvgIpc) is 3.78. The third-order valence-electron chi connectivity index (χ3n) is 7.04. The second kappa shape index (κ2) is 14.7. The van der Waals surface area contributed by atoms with Crippen molar-refractivity contribution in [2.45, 2.75) is 6.42 Å². The van der Waals surface area contributed by atoms with Crippen molar-refractivity contribution in [3.05, 3.63) is 76.7 Å². The summed E-state index contributed by atoms with van der Waals surface area (Å²) in [6, 6.07) is 5.96. The highest BCUT2D eigenvalue weighted by atomic mass is 79.9. The molecule has 4 rings (SSSR count). The zero-order chi connectivity index (χ0) is 35.3. The van der Waals surface area contributed by atoms with Crippen LogP contribution in [0.15, 0.2) is 58.9 Å². The Morgan fingerprint density at radius 3 is 1.62 bits per heavy atom. The second-order valence-electron chi connectivity index (χ2n) is 10.7. The normalized spacial score (nSPS) is 11.2. The number of hydrogen-bond donors (Lipinski definition) is 6. The van der Waals surface area contributed by atoms with Gasteiger partial charge >= 0.3 is 0 Å². The molecule has 0 unspecified atom stereocenters. The molecule has 0 saturated carbocycles. The zero-order valence-corrected chi connectivity index (χ0v) is 28.4. The summed E-state index contributed by atoms with van der Waals surface area (Å²) in [7, 11) is 8.10. The molecule has 0 aliphatic carbocycles. The van der Waals surface area contributed by atoms with Gasteiger partial charge in [0.2, 0.25) is 0 Å². The Morgan fingerprint density at radius 2 is 1.19 bits per heavy atom. The fourth-order valence-corrected chi connectivity index (χ4v) is 4.69. The van der Waals surface area contributed by atoms with Crippen LogP contribution in [-0.4, -0.2) is 72.4 Å². The van der Waals surface area contributed by atoms with Crippen molar-refractivity contribution in [2.75, 3.05) is 34.9 Å². The van der Waals surface area contributed by atoms with Crippen LogP contribution in [0.3, 0.4) is 0 Å². The highest BCUT2D eigenvalue weighted by Crippen LogP contribution is 2.20. The standard InChI is InChI=1S/C30H35BrN12O5/c1-16(31)26(44)38-25-12-23(43(6)39-25)30(48)37-19-11-22(42(5)15-19)29(47)36-18-10-21(41(4)14-18)28(46)35-17-9-20(40(3)13-17)27(45)34-8-7-24(32)33-2/h9-15H,1,7-8H2,2-6H3,(H2,32,33)(H,34,45)(H,35,46)(H,36,47)(H,37,48)(H,38,39,44). The third kappa shape index (κ3) is 8.27. The Kier molecular flexibility index (Phi) is 10.7. The molecule has 0 atom stereocenters. The van der Waals surface area contributed by atoms with E-state index in [1.165, 1.54) is 27.4 Å². The maximum atomic E-state index is 13.2. The van der Waals surface area contributed by atoms with Crippen LogP contribution in [0.2, 0.25) is 0 Å². The van der Waals surface area contributed by atoms with Gasteiger partial charge in [0.1, 0.15) is 22.8 Å². The van der Waals surface area contributed by atoms with Crippen LogP contribution < -0.4 is 32.3 Å². The van der Waals surface area contributed by atoms with Crippen LogP contribution in [0.5, 0.6) is 0 Å². The molecular weight excluding hydrogens is 688 g/mol. The van der Waals surface area contributed by atoms with E-state index in [2.05, 4.69) is 59.2 Å². The summed E-state index contributed by atoms with van der Waals surface area (Å²) in [5.74, 6) is -1.70. The van der Waals surface area contributed by atoms with Crippen molar-refractivity contribution in [3.63, 3.8) is 0 Å². The van der Waals surface area contributed by atoms with Gasteiger partial charge in [0.05, 0.1) is 27.4 Å². The molecule has 0 fully saturated rings. The maximum Gasteiger partial charge on any atom is 0.274 e. The molecule has 0 aliphatic heterocycles. The Hall–Kier alpha value is -5.91. The molecule has 7 N–H and O–H groups in total. The fraction of sp³-hybridized carbons (Fsp3) is 0.233. The van der Waals surface area contributed by atoms with E-state index in [0.717, 1.165) is 0 Å². The molecule has 17 nitrogen and oxygen atoms in total. The topological polar surface area (TPSA) is 216 Å². The van der Waals surface area contributed by atoms with Crippen LogP contribution in [0, 0.1) is 0 Å². The molecule has 4 aromatic rings. The Morgan fingerprint density at radius 1 is 0.750 bits per heavy atom. The predicted molar refractivity (Wildman–Crippen MR) is 184 cm³/mol. The number of amidine groups is 1. The van der Waals surface area contributed by atoms with Crippen LogP contribution in [0.25, 0.3) is 0 Å². The van der Waals surface area contributed by atoms with E-state index >= 15 is 0 Å². The van der Waals surface area contributed by atoms with Crippen molar-refractivity contribution in [3.8, 4) is 0 Å². The quantitative estimate of drug-likeness (QED) is 0.0727. The smallest absolute Gasteiger partial charge is 0.274 e. The van der Waals surface area contributed by atoms with Gasteiger partial charge in [-0.25, -0.2) is 0 Å². The van der Waals surface area contributed by atoms with E-state index in [1.807, 2.05) is 0 Å². The third-order valence-corrected chi connectivity index (χ3v) is 7.40. The van der Waals surface area contributed by atoms with Crippen molar-refractivity contribution in [1.82, 2.24) is 28.8 Å². The molecular formula is C30H35BrN12O5. The Bertz CT molecular complexity index is 1960. The summed E-state index contributed by atoms with van der Waals surface area (Å²) in [4.78, 5) is 67.5. The second-order valence-corrected chi connectivity index (χ2v) is 11.6. The Labute approximate surface area is 283 Å². The van der Waals surface area contributed by atoms with E-state index < -0.39 is 23.6 Å². The van der Waals surface area contributed by atoms with Crippen LogP contribution >= 0.6 is 15.9 Å². The number of anilines is 4. The summed E-state index contributed by atoms with van der Waals surface area (Å²) in [6.45, 7) is 3.81. The average molecular weight is 724 g/mol. The van der Waals surface area contributed by atoms with E-state index in [-0.39, 0.29) is 33.3 Å². The van der Waals surface area contributed by atoms with Gasteiger partial charge < -0.3 is 46.0 Å². The van der Waals surface area contributed by atoms with Crippen LogP contribution in [0.4, 0.5) is 22.9 Å². The van der Waals surface area contributed by atoms with Crippen molar-refractivity contribution >= 4 is 74.2 Å². The minimum atomic E-state index is -0.516. The van der Waals surface area contributed by atoms with Gasteiger partial charge in [0.15, 0.2) is 5.82 Å². The van der Waals surface area contributed by atoms with Gasteiger partial charge in [-0.15, -0.1) is 0 Å². The van der Waals surface area contributed by atoms with Crippen molar-refractivity contribution < 1.29 is 24.0 Å². The fourth-order valence-electron chi connectivity index (χ4n) is 4.59. The molecule has 4 aromatic heterocycles. The highest BCUT2D eigenvalue weighted by molar-refractivity contribution is 9.12. The number of aromatic nitrogens is 5. The van der Waals surface area contributed by atoms with Gasteiger partial charge in [-0.2, -0.15) is 5.10 Å². The zero-order valence-electron chi connectivity index (χ0n) is 26.8. The van der Waals surface area contributed by atoms with E-state index in [0.29, 0.717) is 41.6 Å². The predicted octanol–water partition coefficient (Wildman–Crippen LogP) is 2.15. The summed E-state index contributed by atoms with van der Waals surface area (Å²) in [5, 5.41) is 17.6. The van der Waals surface area contributed by atoms with Gasteiger partial charge in [0, 0.05) is 72.9 Å². The lowest BCUT2D eigenvalue weighted by Gasteiger charge is -2.05. The molecule has 18 heteroatoms. The summed E-state index contributed by atoms with van der Waals surface area (Å²) in [5.41, 5.74) is 7.76. The number of aliphatic imine (C=N–C) groups is 1. The molecule has 0 radical (unpaired) electrons. The van der Waals surface area contributed by atoms with Crippen LogP contribution in [0.1, 0.15) is 48.4 Å². The van der Waals surface area contributed by atoms with E-state index in [9.17, 15) is 24.0 Å². The van der Waals surface area contributed by atoms with Gasteiger partial charge in [-0.05, 0) is 34.1 Å². The van der Waals surface area contributed by atoms with E-state index in [4.69, 9.17) is 5.73 Å². The number of rotatable bonds is 12. The first-order valence-corrected chi connectivity index (χ1v) is 15.1. The van der Waals surface area contributed by atoms with Gasteiger partial charge in [-0.3, -0.25) is 33.6 Å². The molecule has 0 saturated heterocycles. The number of hydrogen-bond acceptors (Lipinski definition) is 7. The van der Waals surface area contributed by atoms with Crippen molar-refractivity contribution in [2.24, 2.45) is 38.9 Å². The van der Waals surface area contributed by atoms with Gasteiger partial charge in [-0.1, -0.05) is 6.58 Å². The summed E-state index contributed by atoms with van der Waals surface area (Å²) < 4.78 is 6.09. The van der Waals surface area contributed by atoms with Gasteiger partial charge in [0.25, 0.3) is 29.5 Å². The largest absolute Gasteiger partial charge is 0.387 e. The number of carbonyl (C=O) groups excluding carboxylic acids is 5. The lowest BCUT2D eigenvalue weighted by Crippen LogP contribution is -2.29. The molecule has 5 amide bonds. The summed E-state index contributed by atoms with van der Waals surface area (Å²) in [6.07, 6.45) is 5.17. The first-order chi connectivity index (χ1) is 22.7. The summed E-state index contributed by atoms with van der Waals surface area (Å²) >= 11 is 2.99. The minimum absolute atomic E-state index is 0.106. The SMILES string of the molecule is C=C(Br)C(=O)Nc1cc(C(=O)Nc2cc(C(=O)Nc3cc(C(=O)Nc4cc(C(=O)NCCC(N)=NC)n(C)c4)n(C)c3)n(C)c2)n(C)n1.